The van der Waals surface area contributed by atoms with E-state index in [2.05, 4.69) is 20.5 Å². The third-order valence-electron chi connectivity index (χ3n) is 4.54. The minimum Gasteiger partial charge on any atom is -0.494 e. The summed E-state index contributed by atoms with van der Waals surface area (Å²) in [6.45, 7) is 6.95. The van der Waals surface area contributed by atoms with Crippen LogP contribution in [-0.4, -0.2) is 62.8 Å². The molecule has 1 amide bonds. The number of ether oxygens (including phenoxy) is 2. The van der Waals surface area contributed by atoms with Crippen molar-refractivity contribution in [3.8, 4) is 5.75 Å². The number of guanidine groups is 1. The highest BCUT2D eigenvalue weighted by Gasteiger charge is 2.12. The summed E-state index contributed by atoms with van der Waals surface area (Å²) >= 11 is 0. The normalized spacial score (nSPS) is 14.9. The van der Waals surface area contributed by atoms with Gasteiger partial charge in [0.25, 0.3) is 5.91 Å². The molecular weight excluding hydrogens is 387 g/mol. The van der Waals surface area contributed by atoms with E-state index < -0.39 is 11.7 Å². The zero-order valence-electron chi connectivity index (χ0n) is 17.1. The first-order valence-electron chi connectivity index (χ1n) is 10.1. The Balaban J connectivity index is 1.68. The molecule has 0 saturated carbocycles. The van der Waals surface area contributed by atoms with Crippen molar-refractivity contribution >= 4 is 17.6 Å². The van der Waals surface area contributed by atoms with Crippen molar-refractivity contribution in [1.82, 2.24) is 10.2 Å². The summed E-state index contributed by atoms with van der Waals surface area (Å²) in [5, 5.41) is 5.87. The summed E-state index contributed by atoms with van der Waals surface area (Å²) in [4.78, 5) is 19.3. The number of carbonyl (C=O) groups is 1. The first-order chi connectivity index (χ1) is 14.6. The SMILES string of the molecule is CCOc1ccc(NC(=NCCN2CCOCC2)NC(=O)c2cccc(F)c2)cc1. The monoisotopic (exact) mass is 414 g/mol. The highest BCUT2D eigenvalue weighted by atomic mass is 19.1. The number of hydrogen-bond acceptors (Lipinski definition) is 5. The highest BCUT2D eigenvalue weighted by Crippen LogP contribution is 2.15. The number of benzene rings is 2. The maximum absolute atomic E-state index is 13.5. The van der Waals surface area contributed by atoms with Crippen molar-refractivity contribution in [3.05, 3.63) is 59.9 Å². The largest absolute Gasteiger partial charge is 0.494 e. The van der Waals surface area contributed by atoms with E-state index in [-0.39, 0.29) is 5.56 Å². The van der Waals surface area contributed by atoms with Crippen LogP contribution in [0.5, 0.6) is 5.75 Å². The number of nitrogens with one attached hydrogen (secondary N) is 2. The van der Waals surface area contributed by atoms with Gasteiger partial charge in [-0.05, 0) is 49.4 Å². The van der Waals surface area contributed by atoms with Gasteiger partial charge < -0.3 is 14.8 Å². The number of rotatable bonds is 7. The average molecular weight is 414 g/mol. The van der Waals surface area contributed by atoms with Gasteiger partial charge in [0.15, 0.2) is 0 Å². The second-order valence-electron chi connectivity index (χ2n) is 6.73. The van der Waals surface area contributed by atoms with Crippen LogP contribution < -0.4 is 15.4 Å². The number of aliphatic imine (C=N–C) groups is 1. The van der Waals surface area contributed by atoms with Crippen LogP contribution in [0, 0.1) is 5.82 Å². The standard InChI is InChI=1S/C22H27FN4O3/c1-2-30-20-8-6-19(7-9-20)25-22(24-10-11-27-12-14-29-15-13-27)26-21(28)17-4-3-5-18(23)16-17/h3-9,16H,2,10-15H2,1H3,(H2,24,25,26,28). The number of carbonyl (C=O) groups excluding carboxylic acids is 1. The van der Waals surface area contributed by atoms with E-state index in [0.29, 0.717) is 19.1 Å². The summed E-state index contributed by atoms with van der Waals surface area (Å²) in [5.74, 6) is 0.172. The molecule has 160 valence electrons. The first kappa shape index (κ1) is 21.7. The van der Waals surface area contributed by atoms with Gasteiger partial charge in [-0.25, -0.2) is 4.39 Å². The van der Waals surface area contributed by atoms with Crippen LogP contribution in [0.4, 0.5) is 10.1 Å². The molecule has 8 heteroatoms. The Kier molecular flexibility index (Phi) is 8.17. The van der Waals surface area contributed by atoms with E-state index in [1.54, 1.807) is 6.07 Å². The van der Waals surface area contributed by atoms with Gasteiger partial charge in [0.2, 0.25) is 5.96 Å². The molecule has 1 aliphatic rings. The van der Waals surface area contributed by atoms with Gasteiger partial charge in [0.05, 0.1) is 26.4 Å². The van der Waals surface area contributed by atoms with E-state index in [4.69, 9.17) is 9.47 Å². The summed E-state index contributed by atoms with van der Waals surface area (Å²) in [6.07, 6.45) is 0. The van der Waals surface area contributed by atoms with E-state index in [9.17, 15) is 9.18 Å². The van der Waals surface area contributed by atoms with Gasteiger partial charge in [-0.3, -0.25) is 20.0 Å². The number of anilines is 1. The Morgan fingerprint density at radius 3 is 2.67 bits per heavy atom. The fourth-order valence-electron chi connectivity index (χ4n) is 2.99. The van der Waals surface area contributed by atoms with Crippen molar-refractivity contribution in [2.75, 3.05) is 51.3 Å². The summed E-state index contributed by atoms with van der Waals surface area (Å²) in [6, 6.07) is 12.9. The molecule has 0 bridgehead atoms. The van der Waals surface area contributed by atoms with Gasteiger partial charge in [-0.15, -0.1) is 0 Å². The van der Waals surface area contributed by atoms with Gasteiger partial charge in [-0.2, -0.15) is 0 Å². The lowest BCUT2D eigenvalue weighted by molar-refractivity contribution is 0.0394. The minimum absolute atomic E-state index is 0.226. The van der Waals surface area contributed by atoms with E-state index in [0.717, 1.165) is 44.3 Å². The molecule has 0 aromatic heterocycles. The third-order valence-corrected chi connectivity index (χ3v) is 4.54. The van der Waals surface area contributed by atoms with Crippen molar-refractivity contribution < 1.29 is 18.7 Å². The molecule has 2 N–H and O–H groups in total. The van der Waals surface area contributed by atoms with Gasteiger partial charge in [0, 0.05) is 30.9 Å². The summed E-state index contributed by atoms with van der Waals surface area (Å²) < 4.78 is 24.3. The second kappa shape index (κ2) is 11.3. The Morgan fingerprint density at radius 1 is 1.20 bits per heavy atom. The molecule has 2 aromatic rings. The van der Waals surface area contributed by atoms with Crippen molar-refractivity contribution in [3.63, 3.8) is 0 Å². The average Bonchev–Trinajstić information content (AvgIpc) is 2.76. The summed E-state index contributed by atoms with van der Waals surface area (Å²) in [5.41, 5.74) is 0.979. The third kappa shape index (κ3) is 6.82. The van der Waals surface area contributed by atoms with Crippen LogP contribution >= 0.6 is 0 Å². The van der Waals surface area contributed by atoms with E-state index in [1.807, 2.05) is 31.2 Å². The molecule has 1 saturated heterocycles. The molecule has 1 aliphatic heterocycles. The number of halogens is 1. The highest BCUT2D eigenvalue weighted by molar-refractivity contribution is 6.09. The lowest BCUT2D eigenvalue weighted by atomic mass is 10.2. The van der Waals surface area contributed by atoms with Crippen LogP contribution in [-0.2, 0) is 4.74 Å². The lowest BCUT2D eigenvalue weighted by Gasteiger charge is -2.25. The molecule has 0 unspecified atom stereocenters. The van der Waals surface area contributed by atoms with Crippen LogP contribution in [0.2, 0.25) is 0 Å². The van der Waals surface area contributed by atoms with Crippen molar-refractivity contribution in [2.24, 2.45) is 4.99 Å². The Hall–Kier alpha value is -2.97. The molecule has 0 radical (unpaired) electrons. The summed E-state index contributed by atoms with van der Waals surface area (Å²) in [7, 11) is 0. The lowest BCUT2D eigenvalue weighted by Crippen LogP contribution is -2.39. The Labute approximate surface area is 175 Å². The number of nitrogens with zero attached hydrogens (tertiary/aromatic N) is 2. The molecule has 2 aromatic carbocycles. The zero-order valence-corrected chi connectivity index (χ0v) is 17.1. The number of hydrogen-bond donors (Lipinski definition) is 2. The van der Waals surface area contributed by atoms with Crippen LogP contribution in [0.3, 0.4) is 0 Å². The number of morpholine rings is 1. The van der Waals surface area contributed by atoms with E-state index >= 15 is 0 Å². The smallest absolute Gasteiger partial charge is 0.258 e. The predicted octanol–water partition coefficient (Wildman–Crippen LogP) is 2.75. The van der Waals surface area contributed by atoms with Crippen LogP contribution in [0.25, 0.3) is 0 Å². The molecule has 0 spiro atoms. The molecule has 1 fully saturated rings. The molecule has 1 heterocycles. The molecule has 7 nitrogen and oxygen atoms in total. The maximum atomic E-state index is 13.5. The Bertz CT molecular complexity index is 852. The van der Waals surface area contributed by atoms with Crippen molar-refractivity contribution in [2.45, 2.75) is 6.92 Å². The molecular formula is C22H27FN4O3. The fraction of sp³-hybridized carbons (Fsp3) is 0.364. The molecule has 0 atom stereocenters. The number of amides is 1. The van der Waals surface area contributed by atoms with Gasteiger partial charge in [-0.1, -0.05) is 6.07 Å². The first-order valence-corrected chi connectivity index (χ1v) is 10.1. The van der Waals surface area contributed by atoms with Gasteiger partial charge in [0.1, 0.15) is 11.6 Å². The van der Waals surface area contributed by atoms with Crippen LogP contribution in [0.15, 0.2) is 53.5 Å². The zero-order chi connectivity index (χ0) is 21.2. The van der Waals surface area contributed by atoms with Crippen molar-refractivity contribution in [1.29, 1.82) is 0 Å². The quantitative estimate of drug-likeness (QED) is 0.538. The second-order valence-corrected chi connectivity index (χ2v) is 6.73. The van der Waals surface area contributed by atoms with Gasteiger partial charge >= 0.3 is 0 Å². The predicted molar refractivity (Wildman–Crippen MR) is 115 cm³/mol. The fourth-order valence-corrected chi connectivity index (χ4v) is 2.99. The Morgan fingerprint density at radius 2 is 1.97 bits per heavy atom. The minimum atomic E-state index is -0.465. The molecule has 0 aliphatic carbocycles. The van der Waals surface area contributed by atoms with Crippen LogP contribution in [0.1, 0.15) is 17.3 Å². The van der Waals surface area contributed by atoms with E-state index in [1.165, 1.54) is 18.2 Å². The molecule has 3 rings (SSSR count). The topological polar surface area (TPSA) is 75.2 Å². The molecule has 30 heavy (non-hydrogen) atoms. The maximum Gasteiger partial charge on any atom is 0.258 e.